The van der Waals surface area contributed by atoms with Crippen LogP contribution >= 0.6 is 12.6 Å². The van der Waals surface area contributed by atoms with Crippen LogP contribution in [0, 0.1) is 0 Å². The van der Waals surface area contributed by atoms with E-state index in [4.69, 9.17) is 17.7 Å². The van der Waals surface area contributed by atoms with Gasteiger partial charge in [0.2, 0.25) is 0 Å². The van der Waals surface area contributed by atoms with E-state index in [0.29, 0.717) is 19.8 Å². The van der Waals surface area contributed by atoms with Crippen molar-refractivity contribution in [1.82, 2.24) is 0 Å². The van der Waals surface area contributed by atoms with E-state index in [-0.39, 0.29) is 11.7 Å². The first kappa shape index (κ1) is 16.9. The minimum atomic E-state index is -3.31. The highest BCUT2D eigenvalue weighted by molar-refractivity contribution is 7.80. The summed E-state index contributed by atoms with van der Waals surface area (Å²) in [4.78, 5) is 11.6. The predicted molar refractivity (Wildman–Crippen MR) is 69.8 cm³/mol. The lowest BCUT2D eigenvalue weighted by molar-refractivity contribution is -0.144. The molecule has 1 atom stereocenters. The van der Waals surface area contributed by atoms with Crippen molar-refractivity contribution in [3.05, 3.63) is 0 Å². The van der Waals surface area contributed by atoms with E-state index in [1.54, 1.807) is 20.8 Å². The summed E-state index contributed by atoms with van der Waals surface area (Å²) in [6, 6.07) is 0. The molecular weight excluding hydrogens is 260 g/mol. The molecule has 1 unspecified atom stereocenters. The summed E-state index contributed by atoms with van der Waals surface area (Å²) in [5.41, 5.74) is 0. The molecule has 7 heteroatoms. The molecule has 0 aliphatic carbocycles. The predicted octanol–water partition coefficient (Wildman–Crippen LogP) is 1.78. The van der Waals surface area contributed by atoms with Gasteiger partial charge in [-0.05, 0) is 20.8 Å². The van der Waals surface area contributed by atoms with Crippen LogP contribution in [0.3, 0.4) is 0 Å². The van der Waals surface area contributed by atoms with Gasteiger partial charge in [-0.15, -0.1) is 0 Å². The van der Waals surface area contributed by atoms with Gasteiger partial charge in [-0.1, -0.05) is 6.92 Å². The van der Waals surface area contributed by atoms with Gasteiger partial charge in [0.1, 0.15) is 0 Å². The quantitative estimate of drug-likeness (QED) is 0.516. The highest BCUT2D eigenvalue weighted by atomic mass is 32.1. The third kappa shape index (κ3) is 7.05. The van der Waals surface area contributed by atoms with Crippen LogP contribution in [0.1, 0.15) is 34.1 Å². The van der Waals surface area contributed by atoms with E-state index < -0.39 is 15.0 Å². The maximum absolute atomic E-state index is 11.6. The van der Waals surface area contributed by atoms with Gasteiger partial charge in [-0.3, -0.25) is 4.79 Å². The van der Waals surface area contributed by atoms with Crippen LogP contribution in [0.5, 0.6) is 0 Å². The summed E-state index contributed by atoms with van der Waals surface area (Å²) in [5, 5.41) is -0.0703. The topological polar surface area (TPSA) is 54.0 Å². The fourth-order valence-electron chi connectivity index (χ4n) is 1.17. The van der Waals surface area contributed by atoms with Crippen LogP contribution in [-0.2, 0) is 22.5 Å². The first-order chi connectivity index (χ1) is 7.99. The summed E-state index contributed by atoms with van der Waals surface area (Å²) in [6.45, 7) is 8.33. The van der Waals surface area contributed by atoms with Gasteiger partial charge >= 0.3 is 9.05 Å². The number of hydrogen-bond donors (Lipinski definition) is 1. The molecule has 0 saturated carbocycles. The van der Waals surface area contributed by atoms with Crippen molar-refractivity contribution >= 4 is 27.6 Å². The first-order valence-electron chi connectivity index (χ1n) is 5.81. The smallest absolute Gasteiger partial charge is 0.452 e. The largest absolute Gasteiger partial charge is 0.751 e. The van der Waals surface area contributed by atoms with Gasteiger partial charge in [-0.25, -0.2) is 0 Å². The molecule has 0 aromatic rings. The van der Waals surface area contributed by atoms with E-state index in [2.05, 4.69) is 12.6 Å². The van der Waals surface area contributed by atoms with Crippen molar-refractivity contribution in [2.75, 3.05) is 19.8 Å². The fourth-order valence-corrected chi connectivity index (χ4v) is 3.16. The zero-order valence-corrected chi connectivity index (χ0v) is 12.8. The van der Waals surface area contributed by atoms with E-state index >= 15 is 0 Å². The number of carbonyl (C=O) groups excluding carboxylic acids is 1. The van der Waals surface area contributed by atoms with Gasteiger partial charge in [-0.2, -0.15) is 12.6 Å². The lowest BCUT2D eigenvalue weighted by atomic mass is 10.3. The summed E-state index contributed by atoms with van der Waals surface area (Å²) < 4.78 is 21.4. The molecule has 0 radical (unpaired) electrons. The molecule has 0 saturated heterocycles. The Kier molecular flexibility index (Phi) is 8.88. The van der Waals surface area contributed by atoms with E-state index in [1.807, 2.05) is 6.92 Å². The Labute approximate surface area is 110 Å². The summed E-state index contributed by atoms with van der Waals surface area (Å²) in [7, 11) is -3.31. The van der Waals surface area contributed by atoms with Crippen LogP contribution in [0.4, 0.5) is 0 Å². The molecule has 0 spiro atoms. The van der Waals surface area contributed by atoms with Gasteiger partial charge in [0, 0.05) is 25.1 Å². The van der Waals surface area contributed by atoms with Crippen molar-refractivity contribution in [2.45, 2.75) is 39.4 Å². The van der Waals surface area contributed by atoms with Crippen LogP contribution < -0.4 is 0 Å². The molecule has 0 bridgehead atoms. The molecule has 0 N–H and O–H groups in total. The molecule has 0 aliphatic rings. The minimum Gasteiger partial charge on any atom is -0.452 e. The second-order valence-electron chi connectivity index (χ2n) is 3.33. The fraction of sp³-hybridized carbons (Fsp3) is 0.900. The molecule has 0 aromatic carbocycles. The molecular formula is C10H22O5SSi. The molecule has 0 rings (SSSR count). The molecule has 0 aliphatic heterocycles. The van der Waals surface area contributed by atoms with Crippen LogP contribution in [0.2, 0.25) is 0 Å². The Bertz CT molecular complexity index is 208. The second-order valence-corrected chi connectivity index (χ2v) is 6.28. The molecule has 0 amide bonds. The van der Waals surface area contributed by atoms with E-state index in [9.17, 15) is 4.79 Å². The standard InChI is InChI=1S/C10H22O5SSi/c1-5-12-17(13-6-2,14-7-3)15-10(11)8-9(4)16/h9,16H,5-8H2,1-4H3. The third-order valence-electron chi connectivity index (χ3n) is 1.66. The summed E-state index contributed by atoms with van der Waals surface area (Å²) >= 11 is 4.14. The monoisotopic (exact) mass is 282 g/mol. The highest BCUT2D eigenvalue weighted by Gasteiger charge is 2.49. The normalized spacial score (nSPS) is 13.5. The molecule has 5 nitrogen and oxygen atoms in total. The molecule has 102 valence electrons. The lowest BCUT2D eigenvalue weighted by Crippen LogP contribution is -2.50. The van der Waals surface area contributed by atoms with Crippen molar-refractivity contribution in [2.24, 2.45) is 0 Å². The molecule has 17 heavy (non-hydrogen) atoms. The number of thiol groups is 1. The van der Waals surface area contributed by atoms with Crippen molar-refractivity contribution in [3.8, 4) is 0 Å². The Morgan fingerprint density at radius 1 is 1.12 bits per heavy atom. The molecule has 0 heterocycles. The zero-order valence-electron chi connectivity index (χ0n) is 10.9. The van der Waals surface area contributed by atoms with Crippen molar-refractivity contribution in [1.29, 1.82) is 0 Å². The van der Waals surface area contributed by atoms with E-state index in [0.717, 1.165) is 0 Å². The second kappa shape index (κ2) is 8.93. The van der Waals surface area contributed by atoms with Crippen molar-refractivity contribution < 1.29 is 22.5 Å². The zero-order chi connectivity index (χ0) is 13.3. The first-order valence-corrected chi connectivity index (χ1v) is 7.96. The van der Waals surface area contributed by atoms with Crippen LogP contribution in [0.25, 0.3) is 0 Å². The lowest BCUT2D eigenvalue weighted by Gasteiger charge is -2.26. The SMILES string of the molecule is CCO[Si](OCC)(OCC)OC(=O)CC(C)S. The molecule has 0 aromatic heterocycles. The molecule has 0 fully saturated rings. The van der Waals surface area contributed by atoms with Gasteiger partial charge in [0.15, 0.2) is 0 Å². The van der Waals surface area contributed by atoms with E-state index in [1.165, 1.54) is 0 Å². The van der Waals surface area contributed by atoms with Crippen molar-refractivity contribution in [3.63, 3.8) is 0 Å². The summed E-state index contributed by atoms with van der Waals surface area (Å²) in [5.74, 6) is -0.408. The van der Waals surface area contributed by atoms with Gasteiger partial charge in [0.25, 0.3) is 5.97 Å². The summed E-state index contributed by atoms with van der Waals surface area (Å²) in [6.07, 6.45) is 0.199. The number of carbonyl (C=O) groups is 1. The van der Waals surface area contributed by atoms with Gasteiger partial charge < -0.3 is 17.7 Å². The Morgan fingerprint density at radius 3 is 1.82 bits per heavy atom. The van der Waals surface area contributed by atoms with Gasteiger partial charge in [0.05, 0.1) is 6.42 Å². The average Bonchev–Trinajstić information content (AvgIpc) is 2.16. The average molecular weight is 282 g/mol. The highest BCUT2D eigenvalue weighted by Crippen LogP contribution is 2.14. The minimum absolute atomic E-state index is 0.0703. The number of hydrogen-bond acceptors (Lipinski definition) is 6. The third-order valence-corrected chi connectivity index (χ3v) is 4.25. The maximum atomic E-state index is 11.6. The van der Waals surface area contributed by atoms with Crippen LogP contribution in [-0.4, -0.2) is 40.1 Å². The Hall–Kier alpha value is -0.0831. The number of rotatable bonds is 9. The maximum Gasteiger partial charge on any atom is 0.751 e. The van der Waals surface area contributed by atoms with Crippen LogP contribution in [0.15, 0.2) is 0 Å². The Morgan fingerprint density at radius 2 is 1.53 bits per heavy atom. The Balaban J connectivity index is 4.57.